The van der Waals surface area contributed by atoms with Crippen molar-refractivity contribution in [3.63, 3.8) is 0 Å². The smallest absolute Gasteiger partial charge is 0.182 e. The Labute approximate surface area is 78.1 Å². The van der Waals surface area contributed by atoms with Gasteiger partial charge in [0.1, 0.15) is 5.71 Å². The van der Waals surface area contributed by atoms with E-state index in [9.17, 15) is 8.42 Å². The van der Waals surface area contributed by atoms with E-state index in [0.717, 1.165) is 19.3 Å². The second-order valence-electron chi connectivity index (χ2n) is 2.73. The highest BCUT2D eigenvalue weighted by atomic mass is 32.2. The van der Waals surface area contributed by atoms with Crippen molar-refractivity contribution in [1.29, 1.82) is 0 Å². The molecule has 13 heavy (non-hydrogen) atoms. The van der Waals surface area contributed by atoms with Crippen molar-refractivity contribution >= 4 is 21.0 Å². The van der Waals surface area contributed by atoms with Crippen LogP contribution in [0.15, 0.2) is 15.4 Å². The average Bonchev–Trinajstić information content (AvgIpc) is 2.53. The van der Waals surface area contributed by atoms with E-state index in [1.807, 2.05) is 0 Å². The lowest BCUT2D eigenvalue weighted by Gasteiger charge is -1.95. The number of hydrogen-bond acceptors (Lipinski definition) is 4. The maximum Gasteiger partial charge on any atom is 0.244 e. The Morgan fingerprint density at radius 1 is 1.31 bits per heavy atom. The van der Waals surface area contributed by atoms with Gasteiger partial charge in [0.05, 0.1) is 0 Å². The summed E-state index contributed by atoms with van der Waals surface area (Å²) >= 11 is 0. The summed E-state index contributed by atoms with van der Waals surface area (Å²) in [5, 5.41) is 10.4. The molecular weight excluding hydrogens is 190 g/mol. The van der Waals surface area contributed by atoms with E-state index in [2.05, 4.69) is 22.4 Å². The van der Waals surface area contributed by atoms with Crippen molar-refractivity contribution < 1.29 is 8.42 Å². The van der Waals surface area contributed by atoms with Gasteiger partial charge in [-0.15, -0.1) is 10.2 Å². The maximum atomic E-state index is 10.6. The molecule has 0 saturated heterocycles. The summed E-state index contributed by atoms with van der Waals surface area (Å²) in [5.41, 5.74) is 0.488. The van der Waals surface area contributed by atoms with Gasteiger partial charge < -0.3 is 0 Å². The van der Waals surface area contributed by atoms with Crippen LogP contribution in [0.25, 0.3) is 0 Å². The predicted molar refractivity (Wildman–Crippen MR) is 50.4 cm³/mol. The van der Waals surface area contributed by atoms with E-state index in [0.29, 0.717) is 12.1 Å². The van der Waals surface area contributed by atoms with Crippen LogP contribution in [0.3, 0.4) is 0 Å². The van der Waals surface area contributed by atoms with E-state index in [1.54, 1.807) is 0 Å². The van der Waals surface area contributed by atoms with Crippen LogP contribution in [0.1, 0.15) is 32.6 Å². The van der Waals surface area contributed by atoms with Gasteiger partial charge in [-0.1, -0.05) is 19.8 Å². The molecule has 0 spiro atoms. The largest absolute Gasteiger partial charge is 0.244 e. The Kier molecular flexibility index (Phi) is 3.75. The fourth-order valence-electron chi connectivity index (χ4n) is 1.05. The van der Waals surface area contributed by atoms with Crippen molar-refractivity contribution in [1.82, 2.24) is 0 Å². The van der Waals surface area contributed by atoms with Gasteiger partial charge >= 0.3 is 0 Å². The lowest BCUT2D eigenvalue weighted by molar-refractivity contribution is 0.627. The molecule has 0 saturated carbocycles. The molecule has 0 aromatic carbocycles. The third-order valence-electron chi connectivity index (χ3n) is 1.72. The molecule has 0 fully saturated rings. The van der Waals surface area contributed by atoms with E-state index < -0.39 is 10.3 Å². The number of unbranched alkanes of at least 4 members (excludes halogenated alkanes) is 2. The Morgan fingerprint density at radius 3 is 2.69 bits per heavy atom. The van der Waals surface area contributed by atoms with Crippen molar-refractivity contribution in [2.24, 2.45) is 15.4 Å². The van der Waals surface area contributed by atoms with E-state index in [4.69, 9.17) is 0 Å². The zero-order valence-corrected chi connectivity index (χ0v) is 8.21. The Morgan fingerprint density at radius 2 is 2.08 bits per heavy atom. The van der Waals surface area contributed by atoms with Crippen LogP contribution in [0.2, 0.25) is 0 Å². The van der Waals surface area contributed by atoms with Crippen molar-refractivity contribution in [3.05, 3.63) is 0 Å². The Bertz CT molecular complexity index is 359. The Balaban J connectivity index is 2.59. The zero-order chi connectivity index (χ0) is 9.68. The molecule has 1 aliphatic heterocycles. The van der Waals surface area contributed by atoms with Crippen LogP contribution in [0.4, 0.5) is 0 Å². The Hall–Kier alpha value is -1.04. The van der Waals surface area contributed by atoms with Crippen molar-refractivity contribution in [2.75, 3.05) is 0 Å². The number of rotatable bonds is 4. The molecule has 0 aromatic heterocycles. The van der Waals surface area contributed by atoms with Crippen molar-refractivity contribution in [2.45, 2.75) is 32.6 Å². The minimum atomic E-state index is -2.30. The normalized spacial score (nSPS) is 14.8. The van der Waals surface area contributed by atoms with Gasteiger partial charge in [0.2, 0.25) is 15.3 Å². The summed E-state index contributed by atoms with van der Waals surface area (Å²) in [4.78, 5) is -0.00361. The fourth-order valence-corrected chi connectivity index (χ4v) is 1.48. The summed E-state index contributed by atoms with van der Waals surface area (Å²) in [5.74, 6) is 0. The zero-order valence-electron chi connectivity index (χ0n) is 7.39. The molecule has 0 N–H and O–H groups in total. The average molecular weight is 201 g/mol. The highest BCUT2D eigenvalue weighted by molar-refractivity contribution is 7.74. The first-order valence-corrected chi connectivity index (χ1v) is 5.27. The third-order valence-corrected chi connectivity index (χ3v) is 2.36. The molecular formula is C7H11N3O2S. The van der Waals surface area contributed by atoms with Gasteiger partial charge in [-0.05, 0) is 18.1 Å². The molecule has 0 unspecified atom stereocenters. The summed E-state index contributed by atoms with van der Waals surface area (Å²) in [6, 6.07) is 0. The molecule has 0 bridgehead atoms. The second kappa shape index (κ2) is 4.86. The molecule has 72 valence electrons. The minimum absolute atomic E-state index is 0.00361. The standard InChI is InChI=1S/C7H11N3O2S/c1-2-3-4-5-6-7(13(11)12)9-10-8-6/h2-5H2,1H3. The summed E-state index contributed by atoms with van der Waals surface area (Å²) in [6.07, 6.45) is 3.74. The lowest BCUT2D eigenvalue weighted by atomic mass is 10.1. The SMILES string of the molecule is CCCCCC1=NN=NC1=S(=O)=O. The van der Waals surface area contributed by atoms with E-state index >= 15 is 0 Å². The maximum absolute atomic E-state index is 10.6. The molecule has 0 radical (unpaired) electrons. The molecule has 1 aliphatic rings. The number of hydrogen-bond donors (Lipinski definition) is 0. The molecule has 0 aromatic rings. The monoisotopic (exact) mass is 201 g/mol. The van der Waals surface area contributed by atoms with Gasteiger partial charge in [0, 0.05) is 0 Å². The minimum Gasteiger partial charge on any atom is -0.182 e. The van der Waals surface area contributed by atoms with Crippen LogP contribution in [0.5, 0.6) is 0 Å². The molecule has 5 nitrogen and oxygen atoms in total. The van der Waals surface area contributed by atoms with Crippen LogP contribution in [-0.4, -0.2) is 19.1 Å². The summed E-state index contributed by atoms with van der Waals surface area (Å²) in [7, 11) is -2.30. The van der Waals surface area contributed by atoms with Crippen molar-refractivity contribution in [3.8, 4) is 0 Å². The molecule has 0 aliphatic carbocycles. The fraction of sp³-hybridized carbons (Fsp3) is 0.714. The van der Waals surface area contributed by atoms with Crippen LogP contribution < -0.4 is 0 Å². The topological polar surface area (TPSA) is 71.2 Å². The summed E-state index contributed by atoms with van der Waals surface area (Å²) < 4.78 is 21.1. The highest BCUT2D eigenvalue weighted by Gasteiger charge is 2.14. The molecule has 1 rings (SSSR count). The quantitative estimate of drug-likeness (QED) is 0.509. The molecule has 0 atom stereocenters. The first kappa shape index (κ1) is 10.0. The predicted octanol–water partition coefficient (Wildman–Crippen LogP) is 1.40. The van der Waals surface area contributed by atoms with Crippen LogP contribution in [-0.2, 0) is 10.3 Å². The van der Waals surface area contributed by atoms with Gasteiger partial charge in [0.15, 0.2) is 0 Å². The molecule has 1 heterocycles. The summed E-state index contributed by atoms with van der Waals surface area (Å²) in [6.45, 7) is 2.08. The number of nitrogens with zero attached hydrogens (tertiary/aromatic N) is 3. The van der Waals surface area contributed by atoms with Crippen LogP contribution in [0, 0.1) is 0 Å². The van der Waals surface area contributed by atoms with Gasteiger partial charge in [-0.2, -0.15) is 8.42 Å². The molecule has 6 heteroatoms. The first-order chi connectivity index (χ1) is 6.25. The van der Waals surface area contributed by atoms with E-state index in [1.165, 1.54) is 0 Å². The van der Waals surface area contributed by atoms with Gasteiger partial charge in [0.25, 0.3) is 0 Å². The van der Waals surface area contributed by atoms with Crippen LogP contribution >= 0.6 is 0 Å². The first-order valence-electron chi connectivity index (χ1n) is 4.20. The van der Waals surface area contributed by atoms with Gasteiger partial charge in [-0.25, -0.2) is 0 Å². The second-order valence-corrected chi connectivity index (χ2v) is 3.59. The lowest BCUT2D eigenvalue weighted by Crippen LogP contribution is -2.08. The molecule has 0 amide bonds. The van der Waals surface area contributed by atoms with E-state index in [-0.39, 0.29) is 4.99 Å². The third kappa shape index (κ3) is 2.73. The highest BCUT2D eigenvalue weighted by Crippen LogP contribution is 2.07. The van der Waals surface area contributed by atoms with Gasteiger partial charge in [-0.3, -0.25) is 0 Å².